The average Bonchev–Trinajstić information content (AvgIpc) is 3.36. The van der Waals surface area contributed by atoms with E-state index in [0.29, 0.717) is 17.0 Å². The molecule has 2 atom stereocenters. The van der Waals surface area contributed by atoms with E-state index in [9.17, 15) is 9.50 Å². The summed E-state index contributed by atoms with van der Waals surface area (Å²) in [5.74, 6) is -0.563. The Bertz CT molecular complexity index is 1270. The number of aryl methyl sites for hydroxylation is 1. The third-order valence-corrected chi connectivity index (χ3v) is 6.13. The molecule has 168 valence electrons. The Labute approximate surface area is 189 Å². The zero-order chi connectivity index (χ0) is 23.0. The molecule has 0 radical (unpaired) electrons. The Hall–Kier alpha value is -2.94. The molecule has 0 aliphatic carbocycles. The summed E-state index contributed by atoms with van der Waals surface area (Å²) in [4.78, 5) is 7.71. The number of nitrogens with one attached hydrogen (secondary N) is 1. The summed E-state index contributed by atoms with van der Waals surface area (Å²) in [6.45, 7) is 3.31. The van der Waals surface area contributed by atoms with Crippen LogP contribution in [0, 0.1) is 12.7 Å². The molecule has 0 saturated carbocycles. The van der Waals surface area contributed by atoms with Crippen molar-refractivity contribution in [1.82, 2.24) is 19.7 Å². The smallest absolute Gasteiger partial charge is 0.142 e. The second-order valence-electron chi connectivity index (χ2n) is 7.77. The van der Waals surface area contributed by atoms with Crippen LogP contribution in [-0.2, 0) is 7.05 Å². The fraction of sp³-hybridized carbons (Fsp3) is 0.304. The summed E-state index contributed by atoms with van der Waals surface area (Å²) in [5.41, 5.74) is 4.94. The molecule has 0 unspecified atom stereocenters. The van der Waals surface area contributed by atoms with Crippen molar-refractivity contribution in [2.75, 3.05) is 13.2 Å². The molecule has 4 aromatic rings. The van der Waals surface area contributed by atoms with Gasteiger partial charge in [-0.15, -0.1) is 0 Å². The number of aliphatic hydroxyl groups excluding tert-OH is 2. The van der Waals surface area contributed by atoms with Gasteiger partial charge in [-0.1, -0.05) is 18.5 Å². The van der Waals surface area contributed by atoms with Crippen molar-refractivity contribution in [1.29, 1.82) is 0 Å². The van der Waals surface area contributed by atoms with Crippen LogP contribution >= 0.6 is 11.6 Å². The fourth-order valence-electron chi connectivity index (χ4n) is 3.78. The molecule has 0 spiro atoms. The number of nitrogens with zero attached hydrogens (tertiary/aromatic N) is 3. The molecular weight excluding hydrogens is 435 g/mol. The number of aromatic nitrogens is 4. The first-order chi connectivity index (χ1) is 15.3. The quantitative estimate of drug-likeness (QED) is 0.389. The van der Waals surface area contributed by atoms with Gasteiger partial charge in [0.1, 0.15) is 29.9 Å². The van der Waals surface area contributed by atoms with Crippen LogP contribution in [0.25, 0.3) is 22.2 Å². The lowest BCUT2D eigenvalue weighted by Crippen LogP contribution is -2.22. The van der Waals surface area contributed by atoms with Crippen molar-refractivity contribution < 1.29 is 19.3 Å². The zero-order valence-electron chi connectivity index (χ0n) is 17.9. The molecule has 3 aromatic heterocycles. The Kier molecular flexibility index (Phi) is 6.19. The number of ether oxygens (including phenoxy) is 1. The summed E-state index contributed by atoms with van der Waals surface area (Å²) < 4.78 is 21.8. The van der Waals surface area contributed by atoms with Crippen LogP contribution in [0.5, 0.6) is 5.75 Å². The van der Waals surface area contributed by atoms with Crippen LogP contribution in [-0.4, -0.2) is 49.3 Å². The molecule has 1 aromatic carbocycles. The second kappa shape index (κ2) is 8.90. The Morgan fingerprint density at radius 3 is 2.78 bits per heavy atom. The lowest BCUT2D eigenvalue weighted by atomic mass is 9.91. The second-order valence-corrected chi connectivity index (χ2v) is 8.15. The van der Waals surface area contributed by atoms with Crippen LogP contribution in [0.2, 0.25) is 5.02 Å². The molecule has 0 amide bonds. The number of halogens is 2. The number of fused-ring (bicyclic) bond motifs is 1. The van der Waals surface area contributed by atoms with E-state index in [4.69, 9.17) is 21.4 Å². The fourth-order valence-corrected chi connectivity index (χ4v) is 4.10. The lowest BCUT2D eigenvalue weighted by Gasteiger charge is -2.20. The minimum atomic E-state index is -1.05. The van der Waals surface area contributed by atoms with Gasteiger partial charge in [0.2, 0.25) is 0 Å². The van der Waals surface area contributed by atoms with Crippen molar-refractivity contribution in [3.05, 3.63) is 64.5 Å². The number of aromatic amines is 1. The maximum absolute atomic E-state index is 14.4. The summed E-state index contributed by atoms with van der Waals surface area (Å²) in [6, 6.07) is 4.73. The summed E-state index contributed by atoms with van der Waals surface area (Å²) in [7, 11) is 1.88. The van der Waals surface area contributed by atoms with Crippen LogP contribution in [0.4, 0.5) is 4.39 Å². The van der Waals surface area contributed by atoms with Gasteiger partial charge in [0.15, 0.2) is 0 Å². The zero-order valence-corrected chi connectivity index (χ0v) is 18.7. The molecule has 0 aliphatic rings. The van der Waals surface area contributed by atoms with Gasteiger partial charge in [-0.05, 0) is 30.7 Å². The SMILES string of the molecule is Cc1c(-c2cnc3[nH]cc([C@H](C)c4c(OC[C@@H](O)CO)ccc(F)c4Cl)c3c2)cnn1C. The maximum Gasteiger partial charge on any atom is 0.142 e. The van der Waals surface area contributed by atoms with Gasteiger partial charge in [-0.3, -0.25) is 4.68 Å². The summed E-state index contributed by atoms with van der Waals surface area (Å²) >= 11 is 6.36. The summed E-state index contributed by atoms with van der Waals surface area (Å²) in [5, 5.41) is 23.9. The van der Waals surface area contributed by atoms with Gasteiger partial charge in [-0.2, -0.15) is 5.10 Å². The van der Waals surface area contributed by atoms with Crippen LogP contribution < -0.4 is 4.74 Å². The van der Waals surface area contributed by atoms with E-state index in [1.807, 2.05) is 33.2 Å². The van der Waals surface area contributed by atoms with E-state index in [0.717, 1.165) is 27.8 Å². The highest BCUT2D eigenvalue weighted by atomic mass is 35.5. The largest absolute Gasteiger partial charge is 0.490 e. The number of pyridine rings is 1. The number of benzene rings is 1. The summed E-state index contributed by atoms with van der Waals surface area (Å²) in [6.07, 6.45) is 4.37. The molecule has 0 saturated heterocycles. The van der Waals surface area contributed by atoms with Gasteiger partial charge in [0.25, 0.3) is 0 Å². The Balaban J connectivity index is 1.79. The first-order valence-electron chi connectivity index (χ1n) is 10.2. The van der Waals surface area contributed by atoms with Crippen molar-refractivity contribution >= 4 is 22.6 Å². The number of hydrogen-bond donors (Lipinski definition) is 3. The predicted molar refractivity (Wildman–Crippen MR) is 121 cm³/mol. The highest BCUT2D eigenvalue weighted by Gasteiger charge is 2.24. The van der Waals surface area contributed by atoms with E-state index < -0.39 is 18.5 Å². The highest BCUT2D eigenvalue weighted by Crippen LogP contribution is 2.41. The number of aliphatic hydroxyl groups is 2. The predicted octanol–water partition coefficient (Wildman–Crippen LogP) is 3.95. The average molecular weight is 459 g/mol. The minimum absolute atomic E-state index is 0.0462. The first-order valence-corrected chi connectivity index (χ1v) is 10.5. The topological polar surface area (TPSA) is 96.2 Å². The molecule has 3 heterocycles. The van der Waals surface area contributed by atoms with Crippen molar-refractivity contribution in [3.8, 4) is 16.9 Å². The highest BCUT2D eigenvalue weighted by molar-refractivity contribution is 6.31. The normalized spacial score (nSPS) is 13.5. The van der Waals surface area contributed by atoms with Crippen LogP contribution in [0.15, 0.2) is 36.8 Å². The van der Waals surface area contributed by atoms with E-state index in [1.54, 1.807) is 17.1 Å². The molecule has 7 nitrogen and oxygen atoms in total. The molecule has 0 fully saturated rings. The van der Waals surface area contributed by atoms with Gasteiger partial charge in [-0.25, -0.2) is 9.37 Å². The first kappa shape index (κ1) is 22.3. The van der Waals surface area contributed by atoms with Crippen LogP contribution in [0.1, 0.15) is 29.7 Å². The van der Waals surface area contributed by atoms with Gasteiger partial charge in [0, 0.05) is 53.1 Å². The maximum atomic E-state index is 14.4. The molecule has 9 heteroatoms. The van der Waals surface area contributed by atoms with Crippen LogP contribution in [0.3, 0.4) is 0 Å². The molecule has 0 aliphatic heterocycles. The van der Waals surface area contributed by atoms with Gasteiger partial charge >= 0.3 is 0 Å². The van der Waals surface area contributed by atoms with Crippen molar-refractivity contribution in [2.45, 2.75) is 25.9 Å². The Morgan fingerprint density at radius 1 is 1.31 bits per heavy atom. The van der Waals surface area contributed by atoms with E-state index in [-0.39, 0.29) is 17.5 Å². The van der Waals surface area contributed by atoms with Gasteiger partial charge in [0.05, 0.1) is 17.8 Å². The molecular formula is C23H24ClFN4O3. The van der Waals surface area contributed by atoms with Crippen molar-refractivity contribution in [2.24, 2.45) is 7.05 Å². The minimum Gasteiger partial charge on any atom is -0.490 e. The number of hydrogen-bond acceptors (Lipinski definition) is 5. The van der Waals surface area contributed by atoms with E-state index in [1.165, 1.54) is 12.1 Å². The third kappa shape index (κ3) is 3.97. The Morgan fingerprint density at radius 2 is 2.09 bits per heavy atom. The standard InChI is InChI=1S/C23H24ClFN4O3/c1-12(21-20(32-11-15(31)10-30)5-4-19(25)22(21)24)17-8-27-23-16(17)6-14(7-26-23)18-9-28-29(3)13(18)2/h4-9,12,15,30-31H,10-11H2,1-3H3,(H,26,27)/t12-,15-/m0/s1. The monoisotopic (exact) mass is 458 g/mol. The lowest BCUT2D eigenvalue weighted by molar-refractivity contribution is 0.0532. The van der Waals surface area contributed by atoms with Gasteiger partial charge < -0.3 is 19.9 Å². The van der Waals surface area contributed by atoms with E-state index >= 15 is 0 Å². The van der Waals surface area contributed by atoms with E-state index in [2.05, 4.69) is 15.1 Å². The molecule has 3 N–H and O–H groups in total. The molecule has 32 heavy (non-hydrogen) atoms. The molecule has 4 rings (SSSR count). The van der Waals surface area contributed by atoms with Crippen molar-refractivity contribution in [3.63, 3.8) is 0 Å². The molecule has 0 bridgehead atoms. The third-order valence-electron chi connectivity index (χ3n) is 5.74. The number of H-pyrrole nitrogens is 1. The number of rotatable bonds is 7.